The molecule has 13 heavy (non-hydrogen) atoms. The molecule has 0 saturated carbocycles. The van der Waals surface area contributed by atoms with Gasteiger partial charge in [0.2, 0.25) is 0 Å². The van der Waals surface area contributed by atoms with Crippen molar-refractivity contribution in [2.45, 2.75) is 19.9 Å². The summed E-state index contributed by atoms with van der Waals surface area (Å²) in [5, 5.41) is 0. The first-order valence-corrected chi connectivity index (χ1v) is 5.88. The fraction of sp³-hybridized carbons (Fsp3) is 0.889. The Morgan fingerprint density at radius 1 is 1.62 bits per heavy atom. The van der Waals surface area contributed by atoms with Crippen molar-refractivity contribution in [3.63, 3.8) is 0 Å². The lowest BCUT2D eigenvalue weighted by Crippen LogP contribution is -2.38. The van der Waals surface area contributed by atoms with Crippen LogP contribution >= 0.6 is 11.8 Å². The predicted octanol–water partition coefficient (Wildman–Crippen LogP) is 1.23. The van der Waals surface area contributed by atoms with E-state index in [9.17, 15) is 4.79 Å². The molecule has 0 aromatic heterocycles. The maximum absolute atomic E-state index is 11.3. The number of hydrogen-bond donors (Lipinski definition) is 0. The van der Waals surface area contributed by atoms with E-state index < -0.39 is 0 Å². The van der Waals surface area contributed by atoms with Crippen LogP contribution in [0.15, 0.2) is 0 Å². The van der Waals surface area contributed by atoms with Crippen LogP contribution in [0.3, 0.4) is 0 Å². The Bertz CT molecular complexity index is 153. The van der Waals surface area contributed by atoms with Crippen molar-refractivity contribution in [3.05, 3.63) is 0 Å². The molecule has 1 atom stereocenters. The molecule has 0 aliphatic carbocycles. The molecule has 0 bridgehead atoms. The quantitative estimate of drug-likeness (QED) is 0.610. The molecule has 0 aromatic carbocycles. The molecule has 0 heterocycles. The lowest BCUT2D eigenvalue weighted by Gasteiger charge is -2.22. The van der Waals surface area contributed by atoms with E-state index in [1.165, 1.54) is 0 Å². The maximum atomic E-state index is 11.3. The third-order valence-electron chi connectivity index (χ3n) is 1.94. The molecule has 0 fully saturated rings. The number of carbonyl (C=O) groups is 1. The first kappa shape index (κ1) is 12.8. The fourth-order valence-corrected chi connectivity index (χ4v) is 1.34. The molecule has 0 radical (unpaired) electrons. The lowest BCUT2D eigenvalue weighted by molar-refractivity contribution is -0.148. The van der Waals surface area contributed by atoms with Crippen molar-refractivity contribution in [2.75, 3.05) is 32.2 Å². The predicted molar refractivity (Wildman–Crippen MR) is 57.1 cm³/mol. The summed E-state index contributed by atoms with van der Waals surface area (Å²) in [7, 11) is 1.94. The number of ether oxygens (including phenoxy) is 1. The number of carbonyl (C=O) groups excluding carboxylic acids is 1. The molecule has 3 nitrogen and oxygen atoms in total. The highest BCUT2D eigenvalue weighted by molar-refractivity contribution is 7.98. The molecular formula is C9H19NO2S. The van der Waals surface area contributed by atoms with Crippen molar-refractivity contribution in [1.82, 2.24) is 4.90 Å². The minimum absolute atomic E-state index is 0.132. The van der Waals surface area contributed by atoms with Gasteiger partial charge in [0.25, 0.3) is 0 Å². The highest BCUT2D eigenvalue weighted by Gasteiger charge is 2.17. The number of hydrogen-bond acceptors (Lipinski definition) is 4. The zero-order valence-corrected chi connectivity index (χ0v) is 9.69. The monoisotopic (exact) mass is 205 g/mol. The highest BCUT2D eigenvalue weighted by atomic mass is 32.2. The van der Waals surface area contributed by atoms with Crippen LogP contribution < -0.4 is 0 Å². The largest absolute Gasteiger partial charge is 0.465 e. The summed E-state index contributed by atoms with van der Waals surface area (Å²) >= 11 is 1.78. The molecule has 0 aliphatic rings. The zero-order valence-electron chi connectivity index (χ0n) is 8.87. The third kappa shape index (κ3) is 5.16. The summed E-state index contributed by atoms with van der Waals surface area (Å²) < 4.78 is 4.92. The van der Waals surface area contributed by atoms with Gasteiger partial charge in [-0.3, -0.25) is 9.69 Å². The van der Waals surface area contributed by atoms with Crippen LogP contribution in [0.5, 0.6) is 0 Å². The minimum Gasteiger partial charge on any atom is -0.465 e. The Labute approximate surface area is 84.8 Å². The van der Waals surface area contributed by atoms with E-state index in [0.29, 0.717) is 6.61 Å². The van der Waals surface area contributed by atoms with E-state index in [-0.39, 0.29) is 12.0 Å². The van der Waals surface area contributed by atoms with Crippen LogP contribution in [0.1, 0.15) is 13.8 Å². The summed E-state index contributed by atoms with van der Waals surface area (Å²) in [5.41, 5.74) is 0. The number of likely N-dealkylation sites (N-methyl/N-ethyl adjacent to an activating group) is 1. The van der Waals surface area contributed by atoms with Crippen LogP contribution in [0.25, 0.3) is 0 Å². The minimum atomic E-state index is -0.133. The first-order chi connectivity index (χ1) is 6.13. The maximum Gasteiger partial charge on any atom is 0.323 e. The van der Waals surface area contributed by atoms with E-state index in [1.54, 1.807) is 11.8 Å². The van der Waals surface area contributed by atoms with E-state index in [0.717, 1.165) is 12.3 Å². The Kier molecular flexibility index (Phi) is 7.09. The second-order valence-electron chi connectivity index (χ2n) is 2.90. The molecule has 4 heteroatoms. The SMILES string of the molecule is CCOC(=O)C(C)N(C)CCSC. The molecule has 0 amide bonds. The number of thioether (sulfide) groups is 1. The van der Waals surface area contributed by atoms with Crippen LogP contribution in [0.4, 0.5) is 0 Å². The number of rotatable bonds is 6. The smallest absolute Gasteiger partial charge is 0.323 e. The molecule has 0 N–H and O–H groups in total. The van der Waals surface area contributed by atoms with E-state index in [2.05, 4.69) is 6.26 Å². The standard InChI is InChI=1S/C9H19NO2S/c1-5-12-9(11)8(2)10(3)6-7-13-4/h8H,5-7H2,1-4H3. The molecule has 78 valence electrons. The van der Waals surface area contributed by atoms with Crippen molar-refractivity contribution in [1.29, 1.82) is 0 Å². The molecular weight excluding hydrogens is 186 g/mol. The van der Waals surface area contributed by atoms with Crippen molar-refractivity contribution >= 4 is 17.7 Å². The third-order valence-corrected chi connectivity index (χ3v) is 2.53. The molecule has 0 rings (SSSR count). The van der Waals surface area contributed by atoms with E-state index in [1.807, 2.05) is 25.8 Å². The van der Waals surface area contributed by atoms with Gasteiger partial charge in [-0.2, -0.15) is 11.8 Å². The van der Waals surface area contributed by atoms with Gasteiger partial charge in [-0.05, 0) is 27.2 Å². The highest BCUT2D eigenvalue weighted by Crippen LogP contribution is 2.00. The summed E-state index contributed by atoms with van der Waals surface area (Å²) in [5.74, 6) is 0.909. The van der Waals surface area contributed by atoms with E-state index >= 15 is 0 Å². The van der Waals surface area contributed by atoms with Gasteiger partial charge in [-0.1, -0.05) is 0 Å². The Morgan fingerprint density at radius 3 is 2.69 bits per heavy atom. The Balaban J connectivity index is 3.79. The lowest BCUT2D eigenvalue weighted by atomic mass is 10.3. The van der Waals surface area contributed by atoms with Gasteiger partial charge in [-0.25, -0.2) is 0 Å². The van der Waals surface area contributed by atoms with Gasteiger partial charge in [0, 0.05) is 12.3 Å². The van der Waals surface area contributed by atoms with Gasteiger partial charge < -0.3 is 4.74 Å². The number of nitrogens with zero attached hydrogens (tertiary/aromatic N) is 1. The fourth-order valence-electron chi connectivity index (χ4n) is 0.872. The average molecular weight is 205 g/mol. The topological polar surface area (TPSA) is 29.5 Å². The normalized spacial score (nSPS) is 13.0. The van der Waals surface area contributed by atoms with Gasteiger partial charge >= 0.3 is 5.97 Å². The molecule has 0 aliphatic heterocycles. The van der Waals surface area contributed by atoms with Crippen LogP contribution in [0.2, 0.25) is 0 Å². The van der Waals surface area contributed by atoms with Crippen molar-refractivity contribution < 1.29 is 9.53 Å². The molecule has 0 saturated heterocycles. The summed E-state index contributed by atoms with van der Waals surface area (Å²) in [4.78, 5) is 13.3. The molecule has 0 spiro atoms. The molecule has 1 unspecified atom stereocenters. The summed E-state index contributed by atoms with van der Waals surface area (Å²) in [6, 6.07) is -0.132. The van der Waals surface area contributed by atoms with Crippen molar-refractivity contribution in [2.24, 2.45) is 0 Å². The summed E-state index contributed by atoms with van der Waals surface area (Å²) in [6.07, 6.45) is 2.06. The molecule has 0 aromatic rings. The van der Waals surface area contributed by atoms with Crippen LogP contribution in [-0.2, 0) is 9.53 Å². The zero-order chi connectivity index (χ0) is 10.3. The first-order valence-electron chi connectivity index (χ1n) is 4.49. The van der Waals surface area contributed by atoms with Gasteiger partial charge in [0.05, 0.1) is 6.61 Å². The Morgan fingerprint density at radius 2 is 2.23 bits per heavy atom. The average Bonchev–Trinajstić information content (AvgIpc) is 2.13. The second-order valence-corrected chi connectivity index (χ2v) is 3.89. The van der Waals surface area contributed by atoms with Gasteiger partial charge in [-0.15, -0.1) is 0 Å². The Hall–Kier alpha value is -0.220. The van der Waals surface area contributed by atoms with Crippen LogP contribution in [0, 0.1) is 0 Å². The van der Waals surface area contributed by atoms with Gasteiger partial charge in [0.15, 0.2) is 0 Å². The van der Waals surface area contributed by atoms with Crippen molar-refractivity contribution in [3.8, 4) is 0 Å². The summed E-state index contributed by atoms with van der Waals surface area (Å²) in [6.45, 7) is 5.07. The van der Waals surface area contributed by atoms with Crippen LogP contribution in [-0.4, -0.2) is 49.1 Å². The number of esters is 1. The van der Waals surface area contributed by atoms with E-state index in [4.69, 9.17) is 4.74 Å². The second kappa shape index (κ2) is 7.21. The van der Waals surface area contributed by atoms with Gasteiger partial charge in [0.1, 0.15) is 6.04 Å².